The maximum Gasteiger partial charge on any atom is 0.262 e. The molecule has 90 valence electrons. The van der Waals surface area contributed by atoms with Crippen LogP contribution in [0.15, 0.2) is 0 Å². The number of carbonyl (C=O) groups excluding carboxylic acids is 1. The molecular weight excluding hydrogens is 230 g/mol. The molecule has 4 nitrogen and oxygen atoms in total. The van der Waals surface area contributed by atoms with Gasteiger partial charge in [0.25, 0.3) is 5.92 Å². The maximum absolute atomic E-state index is 12.7. The summed E-state index contributed by atoms with van der Waals surface area (Å²) >= 11 is 0. The van der Waals surface area contributed by atoms with Gasteiger partial charge in [-0.05, 0) is 0 Å². The highest BCUT2D eigenvalue weighted by Crippen LogP contribution is 2.24. The first kappa shape index (κ1) is 14.5. The number of methoxy groups -OCH3 is 1. The van der Waals surface area contributed by atoms with Gasteiger partial charge in [-0.3, -0.25) is 10.1 Å². The number of carbonyl (C=O) groups is 1. The normalized spacial score (nSPS) is 23.3. The first-order chi connectivity index (χ1) is 6.55. The van der Waals surface area contributed by atoms with Crippen LogP contribution in [0.2, 0.25) is 0 Å². The number of hydrogen-bond donors (Lipinski definition) is 2. The van der Waals surface area contributed by atoms with Crippen molar-refractivity contribution in [3.05, 3.63) is 0 Å². The Kier molecular flexibility index (Phi) is 6.00. The van der Waals surface area contributed by atoms with Crippen LogP contribution in [0.1, 0.15) is 6.42 Å². The lowest BCUT2D eigenvalue weighted by Crippen LogP contribution is -2.41. The first-order valence-electron chi connectivity index (χ1n) is 4.43. The third-order valence-corrected chi connectivity index (χ3v) is 2.03. The van der Waals surface area contributed by atoms with E-state index in [4.69, 9.17) is 4.74 Å². The second kappa shape index (κ2) is 6.19. The van der Waals surface area contributed by atoms with Crippen LogP contribution < -0.4 is 10.6 Å². The summed E-state index contributed by atoms with van der Waals surface area (Å²) in [6, 6.07) is -0.776. The van der Waals surface area contributed by atoms with E-state index in [2.05, 4.69) is 10.6 Å². The molecule has 0 radical (unpaired) electrons. The highest BCUT2D eigenvalue weighted by atomic mass is 35.5. The van der Waals surface area contributed by atoms with Crippen LogP contribution in [-0.2, 0) is 9.53 Å². The average molecular weight is 245 g/mol. The van der Waals surface area contributed by atoms with Crippen LogP contribution in [0.25, 0.3) is 0 Å². The van der Waals surface area contributed by atoms with Gasteiger partial charge >= 0.3 is 0 Å². The maximum atomic E-state index is 12.7. The van der Waals surface area contributed by atoms with Gasteiger partial charge in [0, 0.05) is 20.1 Å². The van der Waals surface area contributed by atoms with E-state index in [1.807, 2.05) is 0 Å². The van der Waals surface area contributed by atoms with Crippen molar-refractivity contribution >= 4 is 18.3 Å². The zero-order valence-electron chi connectivity index (χ0n) is 8.39. The Morgan fingerprint density at radius 2 is 2.33 bits per heavy atom. The van der Waals surface area contributed by atoms with Gasteiger partial charge in [0.05, 0.1) is 19.2 Å². The summed E-state index contributed by atoms with van der Waals surface area (Å²) < 4.78 is 30.1. The van der Waals surface area contributed by atoms with Crippen LogP contribution >= 0.6 is 12.4 Å². The molecule has 0 spiro atoms. The SMILES string of the molecule is COCCNC(=O)C1CC(F)(F)CN1.Cl. The Bertz CT molecular complexity index is 217. The Hall–Kier alpha value is -0.460. The van der Waals surface area contributed by atoms with Crippen molar-refractivity contribution < 1.29 is 18.3 Å². The largest absolute Gasteiger partial charge is 0.383 e. The summed E-state index contributed by atoms with van der Waals surface area (Å²) in [7, 11) is 1.51. The standard InChI is InChI=1S/C8H14F2N2O2.ClH/c1-14-3-2-11-7(13)6-4-8(9,10)5-12-6;/h6,12H,2-5H2,1H3,(H,11,13);1H. The van der Waals surface area contributed by atoms with E-state index in [1.54, 1.807) is 0 Å². The number of ether oxygens (including phenoxy) is 1. The molecule has 0 aromatic carbocycles. The molecule has 1 aliphatic heterocycles. The van der Waals surface area contributed by atoms with Gasteiger partial charge in [-0.1, -0.05) is 0 Å². The fraction of sp³-hybridized carbons (Fsp3) is 0.875. The highest BCUT2D eigenvalue weighted by Gasteiger charge is 2.42. The Balaban J connectivity index is 0.00000196. The number of nitrogens with one attached hydrogen (secondary N) is 2. The summed E-state index contributed by atoms with van der Waals surface area (Å²) in [6.45, 7) is 0.309. The molecule has 7 heteroatoms. The molecule has 15 heavy (non-hydrogen) atoms. The Morgan fingerprint density at radius 3 is 2.80 bits per heavy atom. The van der Waals surface area contributed by atoms with Gasteiger partial charge in [-0.25, -0.2) is 8.78 Å². The van der Waals surface area contributed by atoms with E-state index in [0.29, 0.717) is 13.2 Å². The van der Waals surface area contributed by atoms with Gasteiger partial charge in [-0.2, -0.15) is 0 Å². The number of rotatable bonds is 4. The Labute approximate surface area is 93.1 Å². The quantitative estimate of drug-likeness (QED) is 0.693. The molecule has 1 saturated heterocycles. The third kappa shape index (κ3) is 4.72. The van der Waals surface area contributed by atoms with Crippen LogP contribution in [-0.4, -0.2) is 44.7 Å². The summed E-state index contributed by atoms with van der Waals surface area (Å²) in [4.78, 5) is 11.2. The molecule has 0 aromatic rings. The molecule has 1 rings (SSSR count). The minimum absolute atomic E-state index is 0. The lowest BCUT2D eigenvalue weighted by Gasteiger charge is -2.10. The highest BCUT2D eigenvalue weighted by molar-refractivity contribution is 5.85. The van der Waals surface area contributed by atoms with Crippen molar-refractivity contribution in [1.29, 1.82) is 0 Å². The fourth-order valence-corrected chi connectivity index (χ4v) is 1.30. The van der Waals surface area contributed by atoms with Crippen LogP contribution in [0.3, 0.4) is 0 Å². The van der Waals surface area contributed by atoms with E-state index in [0.717, 1.165) is 0 Å². The second-order valence-electron chi connectivity index (χ2n) is 3.28. The molecule has 2 N–H and O–H groups in total. The summed E-state index contributed by atoms with van der Waals surface area (Å²) in [5.41, 5.74) is 0. The van der Waals surface area contributed by atoms with E-state index in [1.165, 1.54) is 7.11 Å². The smallest absolute Gasteiger partial charge is 0.262 e. The molecule has 1 unspecified atom stereocenters. The molecule has 0 saturated carbocycles. The summed E-state index contributed by atoms with van der Waals surface area (Å²) in [5.74, 6) is -3.15. The van der Waals surface area contributed by atoms with Crippen LogP contribution in [0.5, 0.6) is 0 Å². The predicted molar refractivity (Wildman–Crippen MR) is 53.5 cm³/mol. The zero-order chi connectivity index (χ0) is 10.6. The van der Waals surface area contributed by atoms with Crippen molar-refractivity contribution in [1.82, 2.24) is 10.6 Å². The van der Waals surface area contributed by atoms with Gasteiger partial charge in [0.2, 0.25) is 5.91 Å². The van der Waals surface area contributed by atoms with Gasteiger partial charge in [-0.15, -0.1) is 12.4 Å². The van der Waals surface area contributed by atoms with Gasteiger partial charge < -0.3 is 10.1 Å². The van der Waals surface area contributed by atoms with Crippen molar-refractivity contribution in [3.63, 3.8) is 0 Å². The average Bonchev–Trinajstić information content (AvgIpc) is 2.46. The molecule has 0 bridgehead atoms. The molecule has 1 heterocycles. The Morgan fingerprint density at radius 1 is 1.67 bits per heavy atom. The lowest BCUT2D eigenvalue weighted by molar-refractivity contribution is -0.123. The molecule has 0 aromatic heterocycles. The molecule has 1 atom stereocenters. The number of hydrogen-bond acceptors (Lipinski definition) is 3. The van der Waals surface area contributed by atoms with E-state index >= 15 is 0 Å². The summed E-state index contributed by atoms with van der Waals surface area (Å²) in [6.07, 6.45) is -0.425. The monoisotopic (exact) mass is 244 g/mol. The minimum Gasteiger partial charge on any atom is -0.383 e. The van der Waals surface area contributed by atoms with Gasteiger partial charge in [0.15, 0.2) is 0 Å². The molecule has 1 amide bonds. The van der Waals surface area contributed by atoms with Gasteiger partial charge in [0.1, 0.15) is 0 Å². The fourth-order valence-electron chi connectivity index (χ4n) is 1.30. The van der Waals surface area contributed by atoms with E-state index in [-0.39, 0.29) is 18.3 Å². The minimum atomic E-state index is -2.76. The lowest BCUT2D eigenvalue weighted by atomic mass is 10.2. The van der Waals surface area contributed by atoms with Crippen LogP contribution in [0.4, 0.5) is 8.78 Å². The molecule has 0 aliphatic carbocycles. The zero-order valence-corrected chi connectivity index (χ0v) is 9.20. The van der Waals surface area contributed by atoms with Crippen molar-refractivity contribution in [3.8, 4) is 0 Å². The summed E-state index contributed by atoms with van der Waals surface area (Å²) in [5, 5.41) is 4.97. The molecular formula is C8H15ClF2N2O2. The predicted octanol–water partition coefficient (Wildman–Crippen LogP) is 0.168. The van der Waals surface area contributed by atoms with Crippen molar-refractivity contribution in [2.75, 3.05) is 26.8 Å². The molecule has 1 fully saturated rings. The number of halogens is 3. The first-order valence-corrected chi connectivity index (χ1v) is 4.43. The van der Waals surface area contributed by atoms with E-state index in [9.17, 15) is 13.6 Å². The van der Waals surface area contributed by atoms with Crippen LogP contribution in [0, 0.1) is 0 Å². The van der Waals surface area contributed by atoms with Crippen molar-refractivity contribution in [2.24, 2.45) is 0 Å². The number of amides is 1. The molecule has 1 aliphatic rings. The number of alkyl halides is 2. The second-order valence-corrected chi connectivity index (χ2v) is 3.28. The third-order valence-electron chi connectivity index (χ3n) is 2.03. The van der Waals surface area contributed by atoms with Crippen molar-refractivity contribution in [2.45, 2.75) is 18.4 Å². The van der Waals surface area contributed by atoms with E-state index < -0.39 is 24.9 Å². The topological polar surface area (TPSA) is 50.4 Å².